The van der Waals surface area contributed by atoms with Gasteiger partial charge in [0.2, 0.25) is 0 Å². The SMILES string of the molecule is COc1ccccc1C(=O)Nc1nc(-c2ccccc2)c(-c2n[nH]c(=O)cc2C(C)C)s1. The maximum Gasteiger partial charge on any atom is 0.264 e. The summed E-state index contributed by atoms with van der Waals surface area (Å²) in [4.78, 5) is 30.3. The zero-order chi connectivity index (χ0) is 22.7. The zero-order valence-corrected chi connectivity index (χ0v) is 18.7. The van der Waals surface area contributed by atoms with Crippen molar-refractivity contribution in [1.82, 2.24) is 15.2 Å². The third kappa shape index (κ3) is 4.31. The van der Waals surface area contributed by atoms with Gasteiger partial charge in [-0.3, -0.25) is 14.9 Å². The van der Waals surface area contributed by atoms with Crippen LogP contribution in [-0.4, -0.2) is 28.2 Å². The monoisotopic (exact) mass is 446 g/mol. The van der Waals surface area contributed by atoms with Gasteiger partial charge in [-0.05, 0) is 23.6 Å². The van der Waals surface area contributed by atoms with E-state index in [9.17, 15) is 9.59 Å². The quantitative estimate of drug-likeness (QED) is 0.437. The molecule has 4 rings (SSSR count). The van der Waals surface area contributed by atoms with E-state index in [1.54, 1.807) is 30.3 Å². The van der Waals surface area contributed by atoms with Gasteiger partial charge in [0, 0.05) is 11.6 Å². The van der Waals surface area contributed by atoms with Crippen molar-refractivity contribution in [2.75, 3.05) is 12.4 Å². The summed E-state index contributed by atoms with van der Waals surface area (Å²) >= 11 is 1.31. The average molecular weight is 447 g/mol. The lowest BCUT2D eigenvalue weighted by Gasteiger charge is -2.10. The second kappa shape index (κ2) is 9.15. The van der Waals surface area contributed by atoms with Gasteiger partial charge in [0.15, 0.2) is 5.13 Å². The number of rotatable bonds is 6. The lowest BCUT2D eigenvalue weighted by atomic mass is 10.00. The van der Waals surface area contributed by atoms with Crippen molar-refractivity contribution in [3.05, 3.63) is 82.1 Å². The molecule has 0 saturated carbocycles. The fraction of sp³-hybridized carbons (Fsp3) is 0.167. The number of hydrogen-bond donors (Lipinski definition) is 2. The minimum Gasteiger partial charge on any atom is -0.496 e. The van der Waals surface area contributed by atoms with Crippen molar-refractivity contribution >= 4 is 22.4 Å². The normalized spacial score (nSPS) is 10.9. The Balaban J connectivity index is 1.81. The van der Waals surface area contributed by atoms with Crippen molar-refractivity contribution in [1.29, 1.82) is 0 Å². The van der Waals surface area contributed by atoms with Crippen LogP contribution in [0, 0.1) is 0 Å². The van der Waals surface area contributed by atoms with Crippen LogP contribution >= 0.6 is 11.3 Å². The minimum atomic E-state index is -0.319. The zero-order valence-electron chi connectivity index (χ0n) is 17.9. The third-order valence-electron chi connectivity index (χ3n) is 4.92. The molecule has 0 spiro atoms. The summed E-state index contributed by atoms with van der Waals surface area (Å²) in [6.45, 7) is 4.01. The molecule has 0 unspecified atom stereocenters. The lowest BCUT2D eigenvalue weighted by Crippen LogP contribution is -2.12. The lowest BCUT2D eigenvalue weighted by molar-refractivity contribution is 0.102. The average Bonchev–Trinajstić information content (AvgIpc) is 3.23. The van der Waals surface area contributed by atoms with E-state index in [-0.39, 0.29) is 17.4 Å². The number of nitrogens with one attached hydrogen (secondary N) is 2. The first-order chi connectivity index (χ1) is 15.5. The number of thiazole rings is 1. The minimum absolute atomic E-state index is 0.0807. The van der Waals surface area contributed by atoms with Crippen LogP contribution in [0.5, 0.6) is 5.75 Å². The van der Waals surface area contributed by atoms with Crippen molar-refractivity contribution < 1.29 is 9.53 Å². The van der Waals surface area contributed by atoms with Crippen LogP contribution in [-0.2, 0) is 0 Å². The highest BCUT2D eigenvalue weighted by Crippen LogP contribution is 2.40. The van der Waals surface area contributed by atoms with E-state index in [2.05, 4.69) is 15.5 Å². The van der Waals surface area contributed by atoms with E-state index in [1.807, 2.05) is 44.2 Å². The molecule has 0 radical (unpaired) electrons. The molecule has 1 amide bonds. The number of aromatic amines is 1. The van der Waals surface area contributed by atoms with Crippen LogP contribution in [0.3, 0.4) is 0 Å². The Morgan fingerprint density at radius 3 is 2.50 bits per heavy atom. The fourth-order valence-electron chi connectivity index (χ4n) is 3.36. The molecule has 2 heterocycles. The summed E-state index contributed by atoms with van der Waals surface area (Å²) in [6, 6.07) is 18.3. The predicted octanol–water partition coefficient (Wildman–Crippen LogP) is 4.94. The second-order valence-corrected chi connectivity index (χ2v) is 8.41. The molecule has 162 valence electrons. The molecule has 2 N–H and O–H groups in total. The first kappa shape index (κ1) is 21.5. The third-order valence-corrected chi connectivity index (χ3v) is 5.90. The number of methoxy groups -OCH3 is 1. The van der Waals surface area contributed by atoms with Crippen LogP contribution in [0.15, 0.2) is 65.5 Å². The molecule has 0 saturated heterocycles. The summed E-state index contributed by atoms with van der Waals surface area (Å²) in [7, 11) is 1.52. The summed E-state index contributed by atoms with van der Waals surface area (Å²) in [6.07, 6.45) is 0. The summed E-state index contributed by atoms with van der Waals surface area (Å²) in [5.74, 6) is 0.243. The number of anilines is 1. The molecule has 8 heteroatoms. The van der Waals surface area contributed by atoms with Crippen LogP contribution < -0.4 is 15.6 Å². The molecule has 32 heavy (non-hydrogen) atoms. The number of carbonyl (C=O) groups excluding carboxylic acids is 1. The first-order valence-corrected chi connectivity index (χ1v) is 10.9. The van der Waals surface area contributed by atoms with E-state index in [4.69, 9.17) is 9.72 Å². The van der Waals surface area contributed by atoms with Gasteiger partial charge in [0.05, 0.1) is 23.2 Å². The molecule has 4 aromatic rings. The molecule has 0 fully saturated rings. The number of benzene rings is 2. The smallest absolute Gasteiger partial charge is 0.264 e. The van der Waals surface area contributed by atoms with Gasteiger partial charge >= 0.3 is 0 Å². The Morgan fingerprint density at radius 2 is 1.78 bits per heavy atom. The largest absolute Gasteiger partial charge is 0.496 e. The Morgan fingerprint density at radius 1 is 1.06 bits per heavy atom. The molecule has 0 aliphatic heterocycles. The number of H-pyrrole nitrogens is 1. The molecule has 0 aliphatic rings. The van der Waals surface area contributed by atoms with Gasteiger partial charge in [-0.1, -0.05) is 67.6 Å². The number of para-hydroxylation sites is 1. The number of ether oxygens (including phenoxy) is 1. The standard InChI is InChI=1S/C24H22N4O3S/c1-14(2)17-13-19(29)27-28-21(17)22-20(15-9-5-4-6-10-15)25-24(32-22)26-23(30)16-11-7-8-12-18(16)31-3/h4-14H,1-3H3,(H,27,29)(H,25,26,30). The Hall–Kier alpha value is -3.78. The van der Waals surface area contributed by atoms with E-state index in [0.29, 0.717) is 27.8 Å². The number of nitrogens with zero attached hydrogens (tertiary/aromatic N) is 2. The van der Waals surface area contributed by atoms with Gasteiger partial charge in [0.1, 0.15) is 11.4 Å². The van der Waals surface area contributed by atoms with Crippen molar-refractivity contribution in [3.8, 4) is 27.6 Å². The Labute approximate surface area is 189 Å². The number of carbonyl (C=O) groups is 1. The number of hydrogen-bond acceptors (Lipinski definition) is 6. The molecule has 0 atom stereocenters. The van der Waals surface area contributed by atoms with Crippen molar-refractivity contribution in [2.45, 2.75) is 19.8 Å². The van der Waals surface area contributed by atoms with Crippen LogP contribution in [0.25, 0.3) is 21.8 Å². The first-order valence-electron chi connectivity index (χ1n) is 10.1. The molecule has 0 bridgehead atoms. The predicted molar refractivity (Wildman–Crippen MR) is 126 cm³/mol. The van der Waals surface area contributed by atoms with E-state index in [1.165, 1.54) is 18.4 Å². The van der Waals surface area contributed by atoms with E-state index in [0.717, 1.165) is 16.0 Å². The topological polar surface area (TPSA) is 97.0 Å². The highest BCUT2D eigenvalue weighted by Gasteiger charge is 2.22. The molecule has 7 nitrogen and oxygen atoms in total. The van der Waals surface area contributed by atoms with Gasteiger partial charge in [-0.15, -0.1) is 0 Å². The van der Waals surface area contributed by atoms with Crippen LogP contribution in [0.1, 0.15) is 35.7 Å². The van der Waals surface area contributed by atoms with Gasteiger partial charge in [-0.25, -0.2) is 10.1 Å². The van der Waals surface area contributed by atoms with Crippen molar-refractivity contribution in [2.24, 2.45) is 0 Å². The Kier molecular flexibility index (Phi) is 6.13. The molecular formula is C24H22N4O3S. The van der Waals surface area contributed by atoms with E-state index >= 15 is 0 Å². The highest BCUT2D eigenvalue weighted by molar-refractivity contribution is 7.19. The van der Waals surface area contributed by atoms with Crippen LogP contribution in [0.4, 0.5) is 5.13 Å². The summed E-state index contributed by atoms with van der Waals surface area (Å²) in [5, 5.41) is 10.2. The molecule has 2 aromatic heterocycles. The maximum absolute atomic E-state index is 12.9. The summed E-state index contributed by atoms with van der Waals surface area (Å²) in [5.41, 5.74) is 3.20. The van der Waals surface area contributed by atoms with Gasteiger partial charge in [0.25, 0.3) is 11.5 Å². The van der Waals surface area contributed by atoms with Gasteiger partial charge < -0.3 is 4.74 Å². The number of aromatic nitrogens is 3. The van der Waals surface area contributed by atoms with Crippen LogP contribution in [0.2, 0.25) is 0 Å². The van der Waals surface area contributed by atoms with E-state index < -0.39 is 0 Å². The van der Waals surface area contributed by atoms with Gasteiger partial charge in [-0.2, -0.15) is 5.10 Å². The Bertz CT molecular complexity index is 1310. The highest BCUT2D eigenvalue weighted by atomic mass is 32.1. The molecule has 2 aromatic carbocycles. The second-order valence-electron chi connectivity index (χ2n) is 7.41. The summed E-state index contributed by atoms with van der Waals surface area (Å²) < 4.78 is 5.30. The molecular weight excluding hydrogens is 424 g/mol. The fourth-order valence-corrected chi connectivity index (χ4v) is 4.36. The molecule has 0 aliphatic carbocycles. The maximum atomic E-state index is 12.9. The van der Waals surface area contributed by atoms with Crippen molar-refractivity contribution in [3.63, 3.8) is 0 Å². The number of amides is 1.